The Labute approximate surface area is 139 Å². The second-order valence-electron chi connectivity index (χ2n) is 5.68. The molecule has 0 fully saturated rings. The van der Waals surface area contributed by atoms with E-state index in [0.29, 0.717) is 12.8 Å². The van der Waals surface area contributed by atoms with E-state index in [4.69, 9.17) is 9.81 Å². The zero-order valence-corrected chi connectivity index (χ0v) is 14.5. The standard InChI is InChI=1S/C14H19NO6S2/c1-10-14(2,7-3-4-8-23(17,18)19)12-9-11(22-21-20-16)5-6-13(12)15-10/h5-6,9,16H,3-4,7-8H2,1-2H3,(H,17,18,19). The first-order chi connectivity index (χ1) is 10.8. The van der Waals surface area contributed by atoms with Crippen molar-refractivity contribution < 1.29 is 27.6 Å². The Kier molecular flexibility index (Phi) is 5.82. The molecule has 1 unspecified atom stereocenters. The van der Waals surface area contributed by atoms with E-state index in [1.165, 1.54) is 0 Å². The summed E-state index contributed by atoms with van der Waals surface area (Å²) in [6.07, 6.45) is 1.76. The molecule has 0 bridgehead atoms. The Balaban J connectivity index is 2.11. The van der Waals surface area contributed by atoms with E-state index in [0.717, 1.165) is 40.3 Å². The number of hydrogen-bond acceptors (Lipinski definition) is 7. The van der Waals surface area contributed by atoms with Gasteiger partial charge in [0.15, 0.2) is 0 Å². The molecule has 0 aliphatic carbocycles. The highest BCUT2D eigenvalue weighted by Gasteiger charge is 2.36. The van der Waals surface area contributed by atoms with Crippen molar-refractivity contribution in [1.29, 1.82) is 0 Å². The third-order valence-electron chi connectivity index (χ3n) is 4.14. The van der Waals surface area contributed by atoms with Gasteiger partial charge in [-0.15, -0.1) is 4.33 Å². The molecule has 9 heteroatoms. The molecule has 0 saturated heterocycles. The van der Waals surface area contributed by atoms with Gasteiger partial charge in [0.05, 0.1) is 23.5 Å². The molecule has 1 aromatic rings. The van der Waals surface area contributed by atoms with Crippen LogP contribution in [0.3, 0.4) is 0 Å². The Bertz CT molecular complexity index is 703. The van der Waals surface area contributed by atoms with E-state index in [1.54, 1.807) is 0 Å². The van der Waals surface area contributed by atoms with E-state index >= 15 is 0 Å². The number of nitrogens with zero attached hydrogens (tertiary/aromatic N) is 1. The van der Waals surface area contributed by atoms with Gasteiger partial charge in [0.1, 0.15) is 0 Å². The van der Waals surface area contributed by atoms with E-state index in [1.807, 2.05) is 25.1 Å². The molecule has 1 aromatic carbocycles. The first-order valence-corrected chi connectivity index (χ1v) is 9.41. The summed E-state index contributed by atoms with van der Waals surface area (Å²) in [6, 6.07) is 5.59. The van der Waals surface area contributed by atoms with Crippen molar-refractivity contribution in [2.24, 2.45) is 4.99 Å². The van der Waals surface area contributed by atoms with E-state index < -0.39 is 10.1 Å². The molecule has 23 heavy (non-hydrogen) atoms. The minimum atomic E-state index is -3.92. The quantitative estimate of drug-likeness (QED) is 0.240. The van der Waals surface area contributed by atoms with E-state index in [9.17, 15) is 8.42 Å². The number of fused-ring (bicyclic) bond motifs is 1. The topological polar surface area (TPSA) is 105 Å². The van der Waals surface area contributed by atoms with Gasteiger partial charge in [-0.3, -0.25) is 9.55 Å². The van der Waals surface area contributed by atoms with Crippen molar-refractivity contribution in [1.82, 2.24) is 0 Å². The molecule has 1 heterocycles. The SMILES string of the molecule is CC1=Nc2ccc(SOOO)cc2C1(C)CCCCS(=O)(=O)O. The normalized spacial score (nSPS) is 20.4. The van der Waals surface area contributed by atoms with Crippen molar-refractivity contribution in [2.45, 2.75) is 43.4 Å². The highest BCUT2D eigenvalue weighted by atomic mass is 32.2. The first kappa shape index (κ1) is 18.4. The van der Waals surface area contributed by atoms with Crippen LogP contribution in [0.4, 0.5) is 5.69 Å². The third-order valence-corrected chi connectivity index (χ3v) is 5.52. The minimum Gasteiger partial charge on any atom is -0.286 e. The predicted molar refractivity (Wildman–Crippen MR) is 87.5 cm³/mol. The second kappa shape index (κ2) is 7.29. The first-order valence-electron chi connectivity index (χ1n) is 7.06. The lowest BCUT2D eigenvalue weighted by atomic mass is 9.76. The molecular formula is C14H19NO6S2. The van der Waals surface area contributed by atoms with Crippen LogP contribution in [0.25, 0.3) is 0 Å². The molecule has 1 atom stereocenters. The van der Waals surface area contributed by atoms with Crippen molar-refractivity contribution in [2.75, 3.05) is 5.75 Å². The lowest BCUT2D eigenvalue weighted by Crippen LogP contribution is -2.27. The van der Waals surface area contributed by atoms with Crippen LogP contribution in [0, 0.1) is 0 Å². The third kappa shape index (κ3) is 4.52. The van der Waals surface area contributed by atoms with Gasteiger partial charge >= 0.3 is 0 Å². The van der Waals surface area contributed by atoms with Crippen LogP contribution in [0.1, 0.15) is 38.7 Å². The summed E-state index contributed by atoms with van der Waals surface area (Å²) in [5.41, 5.74) is 2.55. The van der Waals surface area contributed by atoms with Gasteiger partial charge < -0.3 is 0 Å². The smallest absolute Gasteiger partial charge is 0.264 e. The Morgan fingerprint density at radius 2 is 2.09 bits per heavy atom. The van der Waals surface area contributed by atoms with Gasteiger partial charge in [0, 0.05) is 16.0 Å². The molecule has 0 aromatic heterocycles. The molecule has 2 rings (SSSR count). The molecule has 2 N–H and O–H groups in total. The van der Waals surface area contributed by atoms with Crippen LogP contribution in [0.15, 0.2) is 28.1 Å². The largest absolute Gasteiger partial charge is 0.286 e. The van der Waals surface area contributed by atoms with E-state index in [2.05, 4.69) is 21.3 Å². The van der Waals surface area contributed by atoms with Crippen molar-refractivity contribution in [3.05, 3.63) is 23.8 Å². The molecule has 1 aliphatic heterocycles. The molecule has 0 saturated carbocycles. The van der Waals surface area contributed by atoms with Crippen LogP contribution in [-0.4, -0.2) is 29.7 Å². The fourth-order valence-electron chi connectivity index (χ4n) is 2.74. The zero-order chi connectivity index (χ0) is 17.1. The minimum absolute atomic E-state index is 0.232. The highest BCUT2D eigenvalue weighted by molar-refractivity contribution is 7.94. The van der Waals surface area contributed by atoms with Crippen LogP contribution in [0.2, 0.25) is 0 Å². The molecular weight excluding hydrogens is 342 g/mol. The van der Waals surface area contributed by atoms with Gasteiger partial charge in [0.25, 0.3) is 10.1 Å². The zero-order valence-electron chi connectivity index (χ0n) is 12.9. The molecule has 1 aliphatic rings. The number of rotatable bonds is 8. The van der Waals surface area contributed by atoms with Crippen LogP contribution in [0.5, 0.6) is 0 Å². The van der Waals surface area contributed by atoms with Gasteiger partial charge in [-0.25, -0.2) is 5.26 Å². The van der Waals surface area contributed by atoms with Crippen molar-refractivity contribution in [3.8, 4) is 0 Å². The number of aliphatic imine (C=N–C) groups is 1. The molecule has 0 spiro atoms. The summed E-state index contributed by atoms with van der Waals surface area (Å²) in [4.78, 5) is 5.33. The Hall–Kier alpha value is -0.970. The number of hydrogen-bond donors (Lipinski definition) is 2. The summed E-state index contributed by atoms with van der Waals surface area (Å²) in [5, 5.41) is 11.8. The number of unbranched alkanes of at least 4 members (excludes halogenated alkanes) is 1. The average Bonchev–Trinajstić information content (AvgIpc) is 2.72. The lowest BCUT2D eigenvalue weighted by molar-refractivity contribution is -0.432. The van der Waals surface area contributed by atoms with Crippen LogP contribution in [-0.2, 0) is 24.9 Å². The van der Waals surface area contributed by atoms with Crippen LogP contribution < -0.4 is 0 Å². The van der Waals surface area contributed by atoms with Gasteiger partial charge in [-0.2, -0.15) is 8.42 Å². The average molecular weight is 361 g/mol. The Morgan fingerprint density at radius 1 is 1.35 bits per heavy atom. The number of benzene rings is 1. The highest BCUT2D eigenvalue weighted by Crippen LogP contribution is 2.44. The maximum Gasteiger partial charge on any atom is 0.264 e. The second-order valence-corrected chi connectivity index (χ2v) is 8.02. The lowest BCUT2D eigenvalue weighted by Gasteiger charge is -2.26. The summed E-state index contributed by atoms with van der Waals surface area (Å²) in [6.45, 7) is 4.01. The van der Waals surface area contributed by atoms with E-state index in [-0.39, 0.29) is 11.2 Å². The van der Waals surface area contributed by atoms with Gasteiger partial charge in [-0.05, 0) is 43.5 Å². The molecule has 128 valence electrons. The fourth-order valence-corrected chi connectivity index (χ4v) is 3.71. The maximum absolute atomic E-state index is 10.8. The maximum atomic E-state index is 10.8. The summed E-state index contributed by atoms with van der Waals surface area (Å²) in [5.74, 6) is -0.232. The summed E-state index contributed by atoms with van der Waals surface area (Å²) < 4.78 is 34.8. The van der Waals surface area contributed by atoms with Crippen LogP contribution >= 0.6 is 12.0 Å². The molecule has 0 amide bonds. The summed E-state index contributed by atoms with van der Waals surface area (Å²) >= 11 is 0.885. The monoisotopic (exact) mass is 361 g/mol. The van der Waals surface area contributed by atoms with Gasteiger partial charge in [0.2, 0.25) is 0 Å². The van der Waals surface area contributed by atoms with Gasteiger partial charge in [-0.1, -0.05) is 18.4 Å². The predicted octanol–water partition coefficient (Wildman–Crippen LogP) is 3.54. The Morgan fingerprint density at radius 3 is 2.74 bits per heavy atom. The van der Waals surface area contributed by atoms with Crippen molar-refractivity contribution in [3.63, 3.8) is 0 Å². The summed E-state index contributed by atoms with van der Waals surface area (Å²) in [7, 11) is -3.92. The molecule has 7 nitrogen and oxygen atoms in total. The van der Waals surface area contributed by atoms with Crippen molar-refractivity contribution >= 4 is 33.6 Å². The molecule has 0 radical (unpaired) electrons. The fraction of sp³-hybridized carbons (Fsp3) is 0.500.